The zero-order valence-corrected chi connectivity index (χ0v) is 12.7. The van der Waals surface area contributed by atoms with Gasteiger partial charge in [-0.3, -0.25) is 4.90 Å². The minimum Gasteiger partial charge on any atom is -0.329 e. The number of nitrogens with zero attached hydrogens (tertiary/aromatic N) is 1. The van der Waals surface area contributed by atoms with E-state index >= 15 is 0 Å². The van der Waals surface area contributed by atoms with Gasteiger partial charge in [0.25, 0.3) is 0 Å². The fourth-order valence-corrected chi connectivity index (χ4v) is 3.70. The van der Waals surface area contributed by atoms with Crippen LogP contribution in [0.1, 0.15) is 56.1 Å². The standard InChI is InChI=1S/C18H28N2/c1-2-14-9-10-20(17(11-14)12-19)13-16-5-3-4-6-18(16)15-7-8-15/h3-6,14-15,17H,2,7-13,19H2,1H3. The summed E-state index contributed by atoms with van der Waals surface area (Å²) in [4.78, 5) is 2.63. The number of rotatable bonds is 5. The smallest absolute Gasteiger partial charge is 0.0240 e. The van der Waals surface area contributed by atoms with Gasteiger partial charge in [0.15, 0.2) is 0 Å². The average Bonchev–Trinajstić information content (AvgIpc) is 3.33. The van der Waals surface area contributed by atoms with Crippen molar-refractivity contribution in [3.8, 4) is 0 Å². The molecule has 0 aromatic heterocycles. The van der Waals surface area contributed by atoms with Crippen LogP contribution in [0.15, 0.2) is 24.3 Å². The lowest BCUT2D eigenvalue weighted by Gasteiger charge is -2.39. The van der Waals surface area contributed by atoms with E-state index in [0.29, 0.717) is 6.04 Å². The van der Waals surface area contributed by atoms with Gasteiger partial charge in [-0.15, -0.1) is 0 Å². The SMILES string of the molecule is CCC1CCN(Cc2ccccc2C2CC2)C(CN)C1. The summed E-state index contributed by atoms with van der Waals surface area (Å²) in [6.07, 6.45) is 6.71. The van der Waals surface area contributed by atoms with E-state index in [1.807, 2.05) is 0 Å². The van der Waals surface area contributed by atoms with Crippen LogP contribution in [0.4, 0.5) is 0 Å². The highest BCUT2D eigenvalue weighted by Crippen LogP contribution is 2.42. The number of hydrogen-bond donors (Lipinski definition) is 1. The predicted octanol–water partition coefficient (Wildman–Crippen LogP) is 3.51. The van der Waals surface area contributed by atoms with Crippen molar-refractivity contribution in [2.75, 3.05) is 13.1 Å². The summed E-state index contributed by atoms with van der Waals surface area (Å²) >= 11 is 0. The highest BCUT2D eigenvalue weighted by Gasteiger charge is 2.29. The second-order valence-corrected chi connectivity index (χ2v) is 6.63. The van der Waals surface area contributed by atoms with Crippen LogP contribution in [0, 0.1) is 5.92 Å². The molecule has 2 N–H and O–H groups in total. The Morgan fingerprint density at radius 1 is 1.20 bits per heavy atom. The van der Waals surface area contributed by atoms with E-state index in [4.69, 9.17) is 5.73 Å². The highest BCUT2D eigenvalue weighted by molar-refractivity contribution is 5.33. The minimum atomic E-state index is 0.584. The maximum atomic E-state index is 6.03. The van der Waals surface area contributed by atoms with Crippen molar-refractivity contribution in [1.29, 1.82) is 0 Å². The van der Waals surface area contributed by atoms with Crippen LogP contribution < -0.4 is 5.73 Å². The molecule has 0 bridgehead atoms. The van der Waals surface area contributed by atoms with Crippen molar-refractivity contribution in [2.24, 2.45) is 11.7 Å². The molecule has 0 radical (unpaired) electrons. The minimum absolute atomic E-state index is 0.584. The Balaban J connectivity index is 1.70. The second-order valence-electron chi connectivity index (χ2n) is 6.63. The zero-order chi connectivity index (χ0) is 13.9. The monoisotopic (exact) mass is 272 g/mol. The maximum absolute atomic E-state index is 6.03. The molecule has 2 heteroatoms. The van der Waals surface area contributed by atoms with Crippen molar-refractivity contribution in [1.82, 2.24) is 4.90 Å². The Morgan fingerprint density at radius 2 is 2.00 bits per heavy atom. The lowest BCUT2D eigenvalue weighted by atomic mass is 9.88. The first-order valence-corrected chi connectivity index (χ1v) is 8.33. The van der Waals surface area contributed by atoms with Crippen molar-refractivity contribution in [3.05, 3.63) is 35.4 Å². The largest absolute Gasteiger partial charge is 0.329 e. The van der Waals surface area contributed by atoms with Crippen molar-refractivity contribution < 1.29 is 0 Å². The normalized spacial score (nSPS) is 27.7. The van der Waals surface area contributed by atoms with Crippen LogP contribution in [0.5, 0.6) is 0 Å². The Bertz CT molecular complexity index is 439. The molecule has 2 nitrogen and oxygen atoms in total. The molecule has 1 aliphatic carbocycles. The van der Waals surface area contributed by atoms with Gasteiger partial charge in [0, 0.05) is 19.1 Å². The van der Waals surface area contributed by atoms with Crippen LogP contribution in [0.2, 0.25) is 0 Å². The molecule has 2 fully saturated rings. The van der Waals surface area contributed by atoms with E-state index in [0.717, 1.165) is 24.9 Å². The molecule has 2 aliphatic rings. The van der Waals surface area contributed by atoms with E-state index in [1.165, 1.54) is 38.6 Å². The van der Waals surface area contributed by atoms with E-state index < -0.39 is 0 Å². The quantitative estimate of drug-likeness (QED) is 0.888. The van der Waals surface area contributed by atoms with E-state index in [1.54, 1.807) is 11.1 Å². The predicted molar refractivity (Wildman–Crippen MR) is 84.7 cm³/mol. The van der Waals surface area contributed by atoms with Gasteiger partial charge < -0.3 is 5.73 Å². The first-order valence-electron chi connectivity index (χ1n) is 8.33. The number of hydrogen-bond acceptors (Lipinski definition) is 2. The Hall–Kier alpha value is -0.860. The summed E-state index contributed by atoms with van der Waals surface area (Å²) in [5, 5.41) is 0. The molecular weight excluding hydrogens is 244 g/mol. The summed E-state index contributed by atoms with van der Waals surface area (Å²) in [5.41, 5.74) is 9.18. The average molecular weight is 272 g/mol. The first kappa shape index (κ1) is 14.1. The Kier molecular flexibility index (Phi) is 4.42. The number of piperidine rings is 1. The van der Waals surface area contributed by atoms with Crippen molar-refractivity contribution in [3.63, 3.8) is 0 Å². The number of likely N-dealkylation sites (tertiary alicyclic amines) is 1. The maximum Gasteiger partial charge on any atom is 0.0240 e. The van der Waals surface area contributed by atoms with E-state index in [2.05, 4.69) is 36.1 Å². The number of nitrogens with two attached hydrogens (primary N) is 1. The highest BCUT2D eigenvalue weighted by atomic mass is 15.2. The molecule has 0 spiro atoms. The summed E-state index contributed by atoms with van der Waals surface area (Å²) in [6, 6.07) is 9.63. The molecule has 20 heavy (non-hydrogen) atoms. The second kappa shape index (κ2) is 6.28. The third-order valence-corrected chi connectivity index (χ3v) is 5.24. The summed E-state index contributed by atoms with van der Waals surface area (Å²) < 4.78 is 0. The zero-order valence-electron chi connectivity index (χ0n) is 12.7. The summed E-state index contributed by atoms with van der Waals surface area (Å²) in [5.74, 6) is 1.73. The van der Waals surface area contributed by atoms with Gasteiger partial charge in [-0.1, -0.05) is 37.6 Å². The molecule has 2 atom stereocenters. The molecule has 3 rings (SSSR count). The third kappa shape index (κ3) is 3.07. The lowest BCUT2D eigenvalue weighted by molar-refractivity contribution is 0.107. The van der Waals surface area contributed by atoms with Crippen LogP contribution >= 0.6 is 0 Å². The van der Waals surface area contributed by atoms with E-state index in [9.17, 15) is 0 Å². The lowest BCUT2D eigenvalue weighted by Crippen LogP contribution is -2.46. The fraction of sp³-hybridized carbons (Fsp3) is 0.667. The molecular formula is C18H28N2. The van der Waals surface area contributed by atoms with E-state index in [-0.39, 0.29) is 0 Å². The molecule has 1 saturated heterocycles. The third-order valence-electron chi connectivity index (χ3n) is 5.24. The molecule has 2 unspecified atom stereocenters. The van der Waals surface area contributed by atoms with Crippen LogP contribution in [-0.2, 0) is 6.54 Å². The molecule has 110 valence electrons. The van der Waals surface area contributed by atoms with Crippen LogP contribution in [0.25, 0.3) is 0 Å². The Morgan fingerprint density at radius 3 is 2.70 bits per heavy atom. The molecule has 1 heterocycles. The molecule has 1 aromatic carbocycles. The van der Waals surface area contributed by atoms with Gasteiger partial charge in [-0.05, 0) is 55.2 Å². The van der Waals surface area contributed by atoms with Crippen LogP contribution in [0.3, 0.4) is 0 Å². The number of benzene rings is 1. The van der Waals surface area contributed by atoms with Gasteiger partial charge in [-0.25, -0.2) is 0 Å². The van der Waals surface area contributed by atoms with Gasteiger partial charge in [0.2, 0.25) is 0 Å². The van der Waals surface area contributed by atoms with Crippen molar-refractivity contribution >= 4 is 0 Å². The van der Waals surface area contributed by atoms with Gasteiger partial charge in [0.1, 0.15) is 0 Å². The van der Waals surface area contributed by atoms with Gasteiger partial charge in [-0.2, -0.15) is 0 Å². The van der Waals surface area contributed by atoms with Crippen molar-refractivity contribution in [2.45, 2.75) is 57.5 Å². The van der Waals surface area contributed by atoms with Gasteiger partial charge >= 0.3 is 0 Å². The molecule has 1 aliphatic heterocycles. The Labute approximate surface area is 123 Å². The topological polar surface area (TPSA) is 29.3 Å². The summed E-state index contributed by atoms with van der Waals surface area (Å²) in [6.45, 7) is 5.45. The van der Waals surface area contributed by atoms with Crippen LogP contribution in [-0.4, -0.2) is 24.0 Å². The van der Waals surface area contributed by atoms with Gasteiger partial charge in [0.05, 0.1) is 0 Å². The molecule has 1 saturated carbocycles. The summed E-state index contributed by atoms with van der Waals surface area (Å²) in [7, 11) is 0. The molecule has 0 amide bonds. The first-order chi connectivity index (χ1) is 9.81. The molecule has 1 aromatic rings. The fourth-order valence-electron chi connectivity index (χ4n) is 3.70.